The molecule has 9 heteroatoms. The van der Waals surface area contributed by atoms with E-state index in [-0.39, 0.29) is 0 Å². The van der Waals surface area contributed by atoms with Gasteiger partial charge in [-0.2, -0.15) is 0 Å². The number of rotatable bonds is 9. The Morgan fingerprint density at radius 1 is 1.00 bits per heavy atom. The number of hydrogen-bond acceptors (Lipinski definition) is 8. The van der Waals surface area contributed by atoms with Gasteiger partial charge >= 0.3 is 0 Å². The summed E-state index contributed by atoms with van der Waals surface area (Å²) < 4.78 is 18.5. The first-order chi connectivity index (χ1) is 16.1. The Kier molecular flexibility index (Phi) is 7.20. The Hall–Kier alpha value is -3.04. The van der Waals surface area contributed by atoms with Crippen molar-refractivity contribution in [3.63, 3.8) is 0 Å². The van der Waals surface area contributed by atoms with Crippen LogP contribution in [0.15, 0.2) is 46.9 Å². The summed E-state index contributed by atoms with van der Waals surface area (Å²) in [5.41, 5.74) is 4.29. The molecule has 0 bridgehead atoms. The van der Waals surface area contributed by atoms with Crippen molar-refractivity contribution < 1.29 is 14.2 Å². The molecule has 0 aliphatic rings. The Bertz CT molecular complexity index is 1230. The van der Waals surface area contributed by atoms with E-state index in [0.29, 0.717) is 17.2 Å². The average molecular weight is 483 g/mol. The maximum atomic E-state index is 5.50. The van der Waals surface area contributed by atoms with Crippen LogP contribution in [0.2, 0.25) is 0 Å². The topological polar surface area (TPSA) is 71.3 Å². The third-order valence-electron chi connectivity index (χ3n) is 5.23. The molecule has 2 heterocycles. The second kappa shape index (κ2) is 10.3. The second-order valence-electron chi connectivity index (χ2n) is 7.21. The molecule has 0 N–H and O–H groups in total. The minimum absolute atomic E-state index is 0.550. The molecule has 4 rings (SSSR count). The molecule has 2 aromatic carbocycles. The fraction of sp³-hybridized carbons (Fsp3) is 0.292. The van der Waals surface area contributed by atoms with E-state index < -0.39 is 0 Å². The molecule has 0 aliphatic heterocycles. The highest BCUT2D eigenvalue weighted by Crippen LogP contribution is 2.41. The van der Waals surface area contributed by atoms with Crippen molar-refractivity contribution >= 4 is 23.1 Å². The summed E-state index contributed by atoms with van der Waals surface area (Å²) >= 11 is 3.30. The van der Waals surface area contributed by atoms with Crippen molar-refractivity contribution in [1.82, 2.24) is 19.7 Å². The number of thioether (sulfide) groups is 1. The van der Waals surface area contributed by atoms with Gasteiger partial charge in [0, 0.05) is 28.8 Å². The Balaban J connectivity index is 1.58. The van der Waals surface area contributed by atoms with Gasteiger partial charge in [-0.05, 0) is 31.5 Å². The fourth-order valence-corrected chi connectivity index (χ4v) is 5.46. The van der Waals surface area contributed by atoms with Gasteiger partial charge in [0.25, 0.3) is 0 Å². The minimum Gasteiger partial charge on any atom is -0.493 e. The zero-order valence-electron chi connectivity index (χ0n) is 19.3. The van der Waals surface area contributed by atoms with E-state index >= 15 is 0 Å². The van der Waals surface area contributed by atoms with Gasteiger partial charge in [-0.3, -0.25) is 0 Å². The highest BCUT2D eigenvalue weighted by atomic mass is 32.2. The molecule has 7 nitrogen and oxygen atoms in total. The minimum atomic E-state index is 0.550. The zero-order chi connectivity index (χ0) is 23.4. The van der Waals surface area contributed by atoms with Crippen LogP contribution in [0.4, 0.5) is 0 Å². The van der Waals surface area contributed by atoms with Crippen molar-refractivity contribution in [2.45, 2.75) is 31.3 Å². The Morgan fingerprint density at radius 2 is 1.73 bits per heavy atom. The first-order valence-corrected chi connectivity index (χ1v) is 12.3. The van der Waals surface area contributed by atoms with Gasteiger partial charge < -0.3 is 18.8 Å². The standard InChI is InChI=1S/C24H26N4O3S2/c1-6-28-22(16-11-19(29-3)21(31-5)20(12-16)30-4)26-27-24(28)33-14-17-13-32-23(25-17)18-10-8-7-9-15(18)2/h7-13H,6,14H2,1-5H3. The SMILES string of the molecule is CCn1c(SCc2csc(-c3ccccc3C)n2)nnc1-c1cc(OC)c(OC)c(OC)c1. The largest absolute Gasteiger partial charge is 0.493 e. The molecule has 33 heavy (non-hydrogen) atoms. The maximum absolute atomic E-state index is 5.50. The van der Waals surface area contributed by atoms with E-state index in [1.807, 2.05) is 24.3 Å². The first-order valence-electron chi connectivity index (χ1n) is 10.5. The van der Waals surface area contributed by atoms with Crippen LogP contribution < -0.4 is 14.2 Å². The molecule has 0 unspecified atom stereocenters. The molecule has 0 atom stereocenters. The van der Waals surface area contributed by atoms with Gasteiger partial charge in [-0.25, -0.2) is 4.98 Å². The Morgan fingerprint density at radius 3 is 2.36 bits per heavy atom. The van der Waals surface area contributed by atoms with Crippen LogP contribution in [-0.2, 0) is 12.3 Å². The van der Waals surface area contributed by atoms with Crippen molar-refractivity contribution in [1.29, 1.82) is 0 Å². The third-order valence-corrected chi connectivity index (χ3v) is 7.16. The van der Waals surface area contributed by atoms with Crippen LogP contribution in [0.3, 0.4) is 0 Å². The smallest absolute Gasteiger partial charge is 0.203 e. The highest BCUT2D eigenvalue weighted by molar-refractivity contribution is 7.98. The molecule has 0 saturated heterocycles. The van der Waals surface area contributed by atoms with Crippen LogP contribution in [-0.4, -0.2) is 41.1 Å². The number of methoxy groups -OCH3 is 3. The van der Waals surface area contributed by atoms with Crippen LogP contribution in [0.25, 0.3) is 22.0 Å². The number of aryl methyl sites for hydroxylation is 1. The fourth-order valence-electron chi connectivity index (χ4n) is 3.55. The summed E-state index contributed by atoms with van der Waals surface area (Å²) in [6, 6.07) is 12.1. The van der Waals surface area contributed by atoms with Crippen molar-refractivity contribution in [3.05, 3.63) is 53.0 Å². The van der Waals surface area contributed by atoms with Gasteiger partial charge in [-0.1, -0.05) is 36.0 Å². The lowest BCUT2D eigenvalue weighted by atomic mass is 10.1. The van der Waals surface area contributed by atoms with Gasteiger partial charge in [0.2, 0.25) is 5.75 Å². The molecule has 4 aromatic rings. The van der Waals surface area contributed by atoms with Crippen molar-refractivity contribution in [2.24, 2.45) is 0 Å². The normalized spacial score (nSPS) is 10.9. The second-order valence-corrected chi connectivity index (χ2v) is 9.01. The van der Waals surface area contributed by atoms with E-state index in [1.54, 1.807) is 44.4 Å². The molecule has 0 radical (unpaired) electrons. The summed E-state index contributed by atoms with van der Waals surface area (Å²) in [6.07, 6.45) is 0. The number of hydrogen-bond donors (Lipinski definition) is 0. The van der Waals surface area contributed by atoms with Gasteiger partial charge in [0.1, 0.15) is 5.01 Å². The molecule has 0 spiro atoms. The lowest BCUT2D eigenvalue weighted by Gasteiger charge is -2.14. The molecule has 0 saturated carbocycles. The van der Waals surface area contributed by atoms with E-state index in [2.05, 4.69) is 46.1 Å². The highest BCUT2D eigenvalue weighted by Gasteiger charge is 2.19. The lowest BCUT2D eigenvalue weighted by molar-refractivity contribution is 0.324. The Labute approximate surface area is 201 Å². The molecular weight excluding hydrogens is 456 g/mol. The van der Waals surface area contributed by atoms with Crippen LogP contribution in [0.1, 0.15) is 18.2 Å². The summed E-state index contributed by atoms with van der Waals surface area (Å²) in [7, 11) is 4.80. The summed E-state index contributed by atoms with van der Waals surface area (Å²) in [4.78, 5) is 4.83. The van der Waals surface area contributed by atoms with E-state index in [0.717, 1.165) is 39.5 Å². The number of thiazole rings is 1. The summed E-state index contributed by atoms with van der Waals surface area (Å²) in [6.45, 7) is 4.92. The van der Waals surface area contributed by atoms with Crippen LogP contribution in [0, 0.1) is 6.92 Å². The van der Waals surface area contributed by atoms with Gasteiger partial charge in [0.05, 0.1) is 27.0 Å². The first kappa shape index (κ1) is 23.1. The molecular formula is C24H26N4O3S2. The van der Waals surface area contributed by atoms with Gasteiger partial charge in [0.15, 0.2) is 22.5 Å². The summed E-state index contributed by atoms with van der Waals surface area (Å²) in [5.74, 6) is 3.18. The molecule has 172 valence electrons. The predicted molar refractivity (Wildman–Crippen MR) is 133 cm³/mol. The lowest BCUT2D eigenvalue weighted by Crippen LogP contribution is -2.01. The number of nitrogens with zero attached hydrogens (tertiary/aromatic N) is 4. The number of benzene rings is 2. The molecule has 0 amide bonds. The molecule has 0 fully saturated rings. The zero-order valence-corrected chi connectivity index (χ0v) is 20.9. The monoisotopic (exact) mass is 482 g/mol. The van der Waals surface area contributed by atoms with Crippen molar-refractivity contribution in [3.8, 4) is 39.2 Å². The quantitative estimate of drug-likeness (QED) is 0.283. The molecule has 0 aliphatic carbocycles. The average Bonchev–Trinajstić information content (AvgIpc) is 3.48. The van der Waals surface area contributed by atoms with Crippen molar-refractivity contribution in [2.75, 3.05) is 21.3 Å². The maximum Gasteiger partial charge on any atom is 0.203 e. The predicted octanol–water partition coefficient (Wildman–Crippen LogP) is 5.72. The van der Waals surface area contributed by atoms with Crippen LogP contribution >= 0.6 is 23.1 Å². The number of aromatic nitrogens is 4. The number of ether oxygens (including phenoxy) is 3. The summed E-state index contributed by atoms with van der Waals surface area (Å²) in [5, 5.41) is 12.9. The van der Waals surface area contributed by atoms with Crippen LogP contribution in [0.5, 0.6) is 17.2 Å². The van der Waals surface area contributed by atoms with Gasteiger partial charge in [-0.15, -0.1) is 21.5 Å². The van der Waals surface area contributed by atoms with E-state index in [9.17, 15) is 0 Å². The molecule has 2 aromatic heterocycles. The van der Waals surface area contributed by atoms with E-state index in [4.69, 9.17) is 19.2 Å². The van der Waals surface area contributed by atoms with E-state index in [1.165, 1.54) is 11.1 Å². The third kappa shape index (κ3) is 4.69.